The molecular formula is C64H59N17O9S4. The number of aromatic nitrogens is 3. The van der Waals surface area contributed by atoms with E-state index < -0.39 is 60.3 Å². The Bertz CT molecular complexity index is 4570. The van der Waals surface area contributed by atoms with E-state index in [1.165, 1.54) is 61.2 Å². The van der Waals surface area contributed by atoms with Gasteiger partial charge in [-0.25, -0.2) is 4.85 Å². The molecule has 478 valence electrons. The highest BCUT2D eigenvalue weighted by molar-refractivity contribution is 7.98. The van der Waals surface area contributed by atoms with Gasteiger partial charge >= 0.3 is 0 Å². The number of anilines is 9. The predicted octanol–water partition coefficient (Wildman–Crippen LogP) is 13.9. The molecular weight excluding hydrogens is 1280 g/mol. The van der Waals surface area contributed by atoms with Crippen LogP contribution in [0.25, 0.3) is 17.0 Å². The number of carbonyl (C=O) groups is 6. The zero-order valence-electron chi connectivity index (χ0n) is 51.2. The first-order valence-electron chi connectivity index (χ1n) is 28.6. The smallest absolute Gasteiger partial charge is 0.297 e. The number of benzene rings is 5. The summed E-state index contributed by atoms with van der Waals surface area (Å²) in [6.45, 7) is 20.8. The summed E-state index contributed by atoms with van der Waals surface area (Å²) >= 11 is 2.89. The second-order valence-corrected chi connectivity index (χ2v) is 24.3. The first-order valence-corrected chi connectivity index (χ1v) is 32.6. The van der Waals surface area contributed by atoms with Crippen LogP contribution in [-0.4, -0.2) is 89.8 Å². The van der Waals surface area contributed by atoms with Gasteiger partial charge in [-0.3, -0.25) is 33.3 Å². The largest absolute Gasteiger partial charge is 0.372 e. The van der Waals surface area contributed by atoms with Crippen LogP contribution in [0.1, 0.15) is 72.8 Å². The number of nitrogens with zero attached hydrogens (tertiary/aromatic N) is 11. The first-order chi connectivity index (χ1) is 45.1. The third-order valence-electron chi connectivity index (χ3n) is 13.7. The normalized spacial score (nSPS) is 11.6. The summed E-state index contributed by atoms with van der Waals surface area (Å²) in [6, 6.07) is 35.4. The Morgan fingerprint density at radius 2 is 1.23 bits per heavy atom. The number of Topliss-reactive ketones (excluding diaryl/α,β-unsaturated/α-hetero) is 2. The molecule has 5 aromatic carbocycles. The lowest BCUT2D eigenvalue weighted by atomic mass is 10.1. The lowest BCUT2D eigenvalue weighted by Crippen LogP contribution is -2.21. The molecule has 30 heteroatoms. The molecule has 0 spiro atoms. The maximum atomic E-state index is 13.6. The molecule has 8 aromatic rings. The van der Waals surface area contributed by atoms with Gasteiger partial charge in [-0.2, -0.15) is 33.7 Å². The molecule has 0 atom stereocenters. The Hall–Kier alpha value is -11.2. The van der Waals surface area contributed by atoms with Crippen LogP contribution in [0.4, 0.5) is 78.8 Å². The average molecular weight is 1340 g/mol. The Balaban J connectivity index is 1.18. The van der Waals surface area contributed by atoms with E-state index in [2.05, 4.69) is 61.7 Å². The molecule has 0 aliphatic carbocycles. The van der Waals surface area contributed by atoms with Gasteiger partial charge in [0.1, 0.15) is 32.9 Å². The fourth-order valence-electron chi connectivity index (χ4n) is 9.07. The summed E-state index contributed by atoms with van der Waals surface area (Å²) in [5.74, 6) is -3.37. The minimum Gasteiger partial charge on any atom is -0.372 e. The number of azo groups is 2. The number of amides is 4. The lowest BCUT2D eigenvalue weighted by Gasteiger charge is -2.22. The van der Waals surface area contributed by atoms with Crippen LogP contribution in [0, 0.1) is 17.9 Å². The molecule has 0 bridgehead atoms. The maximum Gasteiger partial charge on any atom is 0.297 e. The van der Waals surface area contributed by atoms with Crippen molar-refractivity contribution >= 4 is 171 Å². The van der Waals surface area contributed by atoms with Crippen molar-refractivity contribution in [2.24, 2.45) is 26.2 Å². The molecule has 0 fully saturated rings. The molecule has 0 radical (unpaired) electrons. The Labute approximate surface area is 552 Å². The summed E-state index contributed by atoms with van der Waals surface area (Å²) in [5.41, 5.74) is 8.58. The first kappa shape index (κ1) is 68.8. The number of primary amides is 1. The van der Waals surface area contributed by atoms with Crippen LogP contribution in [0.2, 0.25) is 0 Å². The average Bonchev–Trinajstić information content (AvgIpc) is 1.61. The number of rotatable bonds is 29. The van der Waals surface area contributed by atoms with Gasteiger partial charge in [-0.1, -0.05) is 54.2 Å². The molecule has 4 amide bonds. The van der Waals surface area contributed by atoms with Crippen molar-refractivity contribution in [1.29, 1.82) is 5.26 Å². The standard InChI is InChI=1S/C64H59N17O9S4/c1-8-80(9-2)44-23-25-50(76-78-60-49(34-65)56(94(88,89)90)55(93-60)33-48(38(6)84)59(87)69-42-21-15-19-40(27-42)57(66)85)52(29-44)71-62-73-63(75-64(74-62)91-35-39-17-13-12-14-18-39)72-53-30-45(81(10-3)11-4)24-26-51(53)77-79-61-54(67-7)32-46(92-61)31-47(37(5)83)58(86)70-43-22-16-20-41(28-43)68-36-82/h12-33,36H,8-11,35H2,1-6H3,(H2,66,85)(H,68,82)(H,69,87)(H,70,86)(H,88,89,90)(H2,71,72,73,74,75)/b47-31+,48-33-,78-76+,79-77+. The van der Waals surface area contributed by atoms with Crippen molar-refractivity contribution in [2.45, 2.75) is 57.3 Å². The molecule has 26 nitrogen and oxygen atoms in total. The van der Waals surface area contributed by atoms with Crippen molar-refractivity contribution < 1.29 is 41.7 Å². The van der Waals surface area contributed by atoms with Crippen molar-refractivity contribution in [1.82, 2.24) is 15.0 Å². The molecule has 94 heavy (non-hydrogen) atoms. The van der Waals surface area contributed by atoms with Crippen molar-refractivity contribution in [2.75, 3.05) is 62.6 Å². The molecule has 0 aliphatic rings. The summed E-state index contributed by atoms with van der Waals surface area (Å²) < 4.78 is 36.7. The van der Waals surface area contributed by atoms with E-state index in [1.807, 2.05) is 70.2 Å². The van der Waals surface area contributed by atoms with Crippen LogP contribution in [0.15, 0.2) is 163 Å². The topological polar surface area (TPSA) is 366 Å². The fraction of sp³-hybridized carbons (Fsp3) is 0.172. The summed E-state index contributed by atoms with van der Waals surface area (Å²) in [7, 11) is -5.24. The molecule has 0 saturated carbocycles. The number of thioether (sulfide) groups is 1. The van der Waals surface area contributed by atoms with Gasteiger partial charge < -0.3 is 42.1 Å². The van der Waals surface area contributed by atoms with Gasteiger partial charge in [0, 0.05) is 70.8 Å². The SMILES string of the molecule is [C-]#[N+]c1cc(/C=C(\C(C)=O)C(=O)Nc2cccc(NC=O)c2)sc1/N=N/c1ccc(N(CC)CC)cc1Nc1nc(Nc2cc(N(CC)CC)ccc2/N=N/c2sc(/C=C(/C(C)=O)C(=O)Nc3cccc(C(N)=O)c3)c(S(=O)(=O)O)c2C#N)nc(SCc2ccccc2)n1. The Morgan fingerprint density at radius 1 is 0.691 bits per heavy atom. The minimum atomic E-state index is -5.24. The zero-order chi connectivity index (χ0) is 67.6. The number of hydrogen-bond donors (Lipinski definition) is 7. The highest BCUT2D eigenvalue weighted by Gasteiger charge is 2.29. The lowest BCUT2D eigenvalue weighted by molar-refractivity contribution is -0.120. The van der Waals surface area contributed by atoms with E-state index in [9.17, 15) is 47.0 Å². The van der Waals surface area contributed by atoms with Crippen LogP contribution >= 0.6 is 34.4 Å². The van der Waals surface area contributed by atoms with Gasteiger partial charge in [0.05, 0.1) is 34.0 Å². The molecule has 0 aliphatic heterocycles. The van der Waals surface area contributed by atoms with Gasteiger partial charge in [0.2, 0.25) is 29.9 Å². The molecule has 3 aromatic heterocycles. The summed E-state index contributed by atoms with van der Waals surface area (Å²) in [6.07, 6.45) is 2.77. The molecule has 8 N–H and O–H groups in total. The number of thiophene rings is 2. The second kappa shape index (κ2) is 31.7. The maximum absolute atomic E-state index is 13.6. The number of ketones is 2. The van der Waals surface area contributed by atoms with E-state index >= 15 is 0 Å². The van der Waals surface area contributed by atoms with Crippen molar-refractivity contribution in [3.63, 3.8) is 0 Å². The zero-order valence-corrected chi connectivity index (χ0v) is 54.4. The van der Waals surface area contributed by atoms with Crippen LogP contribution in [-0.2, 0) is 39.8 Å². The molecule has 3 heterocycles. The Morgan fingerprint density at radius 3 is 1.76 bits per heavy atom. The highest BCUT2D eigenvalue weighted by atomic mass is 32.2. The summed E-state index contributed by atoms with van der Waals surface area (Å²) in [4.78, 5) is 97.2. The monoisotopic (exact) mass is 1340 g/mol. The van der Waals surface area contributed by atoms with Crippen LogP contribution in [0.5, 0.6) is 0 Å². The van der Waals surface area contributed by atoms with E-state index in [-0.39, 0.29) is 60.9 Å². The van der Waals surface area contributed by atoms with Crippen LogP contribution < -0.4 is 42.1 Å². The number of carbonyl (C=O) groups excluding carboxylic acids is 6. The quantitative estimate of drug-likeness (QED) is 0.00335. The van der Waals surface area contributed by atoms with E-state index in [0.717, 1.165) is 41.3 Å². The van der Waals surface area contributed by atoms with Gasteiger partial charge in [-0.05, 0) is 138 Å². The van der Waals surface area contributed by atoms with E-state index in [1.54, 1.807) is 48.5 Å². The van der Waals surface area contributed by atoms with Gasteiger partial charge in [0.25, 0.3) is 21.9 Å². The van der Waals surface area contributed by atoms with Crippen LogP contribution in [0.3, 0.4) is 0 Å². The van der Waals surface area contributed by atoms with Crippen molar-refractivity contribution in [3.8, 4) is 6.07 Å². The number of hydrogen-bond acceptors (Lipinski definition) is 23. The van der Waals surface area contributed by atoms with Gasteiger partial charge in [-0.15, -0.1) is 38.0 Å². The fourth-order valence-corrected chi connectivity index (χ4v) is 12.9. The minimum absolute atomic E-state index is 0.0125. The van der Waals surface area contributed by atoms with Gasteiger partial charge in [0.15, 0.2) is 21.7 Å². The Kier molecular flexibility index (Phi) is 23.2. The number of nitrogens with one attached hydrogen (secondary N) is 5. The molecule has 0 unspecified atom stereocenters. The van der Waals surface area contributed by atoms with Crippen molar-refractivity contribution in [3.05, 3.63) is 170 Å². The number of nitriles is 1. The molecule has 8 rings (SSSR count). The number of nitrogens with two attached hydrogens (primary N) is 1. The van der Waals surface area contributed by atoms with E-state index in [0.29, 0.717) is 77.3 Å². The molecule has 0 saturated heterocycles. The summed E-state index contributed by atoms with van der Waals surface area (Å²) in [5, 5.41) is 42.8. The second-order valence-electron chi connectivity index (χ2n) is 19.9. The van der Waals surface area contributed by atoms with E-state index in [4.69, 9.17) is 27.3 Å². The third-order valence-corrected chi connectivity index (χ3v) is 17.6. The third kappa shape index (κ3) is 17.7. The highest BCUT2D eigenvalue weighted by Crippen LogP contribution is 2.44. The predicted molar refractivity (Wildman–Crippen MR) is 366 cm³/mol.